The summed E-state index contributed by atoms with van der Waals surface area (Å²) in [5.74, 6) is 0.731. The molecule has 4 heterocycles. The van der Waals surface area contributed by atoms with Gasteiger partial charge in [-0.15, -0.1) is 0 Å². The lowest BCUT2D eigenvalue weighted by atomic mass is 9.93. The Balaban J connectivity index is 1.55. The van der Waals surface area contributed by atoms with Gasteiger partial charge in [0.2, 0.25) is 0 Å². The van der Waals surface area contributed by atoms with Crippen LogP contribution in [0.5, 0.6) is 0 Å². The molecular formula is C16H17ClN4O. The number of benzene rings is 1. The van der Waals surface area contributed by atoms with Crippen LogP contribution in [0.4, 0.5) is 0 Å². The molecule has 3 fully saturated rings. The number of carbonyl (C=O) groups excluding carboxylic acids is 1. The molecule has 0 saturated carbocycles. The number of fused-ring (bicyclic) bond motifs is 3. The molecule has 0 aliphatic carbocycles. The zero-order chi connectivity index (χ0) is 14.8. The highest BCUT2D eigenvalue weighted by atomic mass is 35.5. The fourth-order valence-corrected chi connectivity index (χ4v) is 4.76. The normalized spacial score (nSPS) is 32.9. The van der Waals surface area contributed by atoms with Crippen molar-refractivity contribution in [3.05, 3.63) is 28.9 Å². The van der Waals surface area contributed by atoms with E-state index in [9.17, 15) is 4.79 Å². The van der Waals surface area contributed by atoms with Gasteiger partial charge in [0, 0.05) is 35.6 Å². The second-order valence-electron chi connectivity index (χ2n) is 6.74. The molecule has 3 aliphatic rings. The summed E-state index contributed by atoms with van der Waals surface area (Å²) in [6, 6.07) is 6.23. The maximum atomic E-state index is 13.1. The van der Waals surface area contributed by atoms with E-state index in [4.69, 9.17) is 11.6 Å². The van der Waals surface area contributed by atoms with Crippen LogP contribution in [-0.2, 0) is 0 Å². The van der Waals surface area contributed by atoms with Crippen LogP contribution in [0.3, 0.4) is 0 Å². The number of rotatable bonds is 1. The lowest BCUT2D eigenvalue weighted by molar-refractivity contribution is 0.0258. The Morgan fingerprint density at radius 2 is 2.27 bits per heavy atom. The first-order valence-electron chi connectivity index (χ1n) is 7.89. The molecular weight excluding hydrogens is 300 g/mol. The molecule has 0 radical (unpaired) electrons. The first-order valence-corrected chi connectivity index (χ1v) is 8.27. The molecule has 22 heavy (non-hydrogen) atoms. The fraction of sp³-hybridized carbons (Fsp3) is 0.500. The van der Waals surface area contributed by atoms with Crippen LogP contribution in [0.25, 0.3) is 10.9 Å². The Labute approximate surface area is 133 Å². The van der Waals surface area contributed by atoms with Crippen LogP contribution in [0.15, 0.2) is 18.2 Å². The Morgan fingerprint density at radius 3 is 3.18 bits per heavy atom. The van der Waals surface area contributed by atoms with E-state index < -0.39 is 0 Å². The maximum absolute atomic E-state index is 13.1. The molecule has 114 valence electrons. The molecule has 5 rings (SSSR count). The fourth-order valence-electron chi connectivity index (χ4n) is 4.58. The Hall–Kier alpha value is -1.59. The van der Waals surface area contributed by atoms with E-state index in [2.05, 4.69) is 20.0 Å². The van der Waals surface area contributed by atoms with Crippen molar-refractivity contribution >= 4 is 28.4 Å². The smallest absolute Gasteiger partial charge is 0.275 e. The first-order chi connectivity index (χ1) is 10.7. The first kappa shape index (κ1) is 12.9. The molecule has 4 atom stereocenters. The van der Waals surface area contributed by atoms with Gasteiger partial charge in [0.15, 0.2) is 5.69 Å². The Bertz CT molecular complexity index is 769. The van der Waals surface area contributed by atoms with Crippen LogP contribution >= 0.6 is 11.6 Å². The summed E-state index contributed by atoms with van der Waals surface area (Å²) in [5, 5.41) is 8.70. The van der Waals surface area contributed by atoms with E-state index in [0.29, 0.717) is 28.7 Å². The van der Waals surface area contributed by atoms with Crippen LogP contribution in [0.1, 0.15) is 23.3 Å². The topological polar surface area (TPSA) is 52.2 Å². The number of nitrogens with one attached hydrogen (secondary N) is 1. The van der Waals surface area contributed by atoms with E-state index in [1.807, 2.05) is 18.2 Å². The number of amides is 1. The third-order valence-electron chi connectivity index (χ3n) is 5.56. The van der Waals surface area contributed by atoms with Gasteiger partial charge in [-0.25, -0.2) is 0 Å². The minimum atomic E-state index is 0.0626. The van der Waals surface area contributed by atoms with Crippen LogP contribution < -0.4 is 0 Å². The van der Waals surface area contributed by atoms with Gasteiger partial charge in [0.05, 0.1) is 5.52 Å². The van der Waals surface area contributed by atoms with Gasteiger partial charge in [0.1, 0.15) is 0 Å². The molecule has 3 saturated heterocycles. The predicted octanol–water partition coefficient (Wildman–Crippen LogP) is 2.13. The predicted molar refractivity (Wildman–Crippen MR) is 84.0 cm³/mol. The molecule has 1 aromatic carbocycles. The maximum Gasteiger partial charge on any atom is 0.275 e. The van der Waals surface area contributed by atoms with Crippen LogP contribution in [-0.4, -0.2) is 57.6 Å². The van der Waals surface area contributed by atoms with Gasteiger partial charge in [-0.05, 0) is 43.5 Å². The molecule has 3 bridgehead atoms. The van der Waals surface area contributed by atoms with Gasteiger partial charge < -0.3 is 4.90 Å². The number of aromatic nitrogens is 2. The second kappa shape index (κ2) is 4.46. The number of nitrogens with zero attached hydrogens (tertiary/aromatic N) is 3. The number of carbonyl (C=O) groups is 1. The van der Waals surface area contributed by atoms with E-state index in [-0.39, 0.29) is 5.91 Å². The molecule has 6 heteroatoms. The van der Waals surface area contributed by atoms with Gasteiger partial charge in [-0.1, -0.05) is 11.6 Å². The summed E-state index contributed by atoms with van der Waals surface area (Å²) in [5.41, 5.74) is 1.38. The minimum Gasteiger partial charge on any atom is -0.328 e. The molecule has 1 aromatic heterocycles. The zero-order valence-corrected chi connectivity index (χ0v) is 12.9. The summed E-state index contributed by atoms with van der Waals surface area (Å²) in [6.07, 6.45) is 2.37. The van der Waals surface area contributed by atoms with Gasteiger partial charge >= 0.3 is 0 Å². The second-order valence-corrected chi connectivity index (χ2v) is 7.18. The van der Waals surface area contributed by atoms with Crippen molar-refractivity contribution in [2.24, 2.45) is 5.92 Å². The Morgan fingerprint density at radius 1 is 1.36 bits per heavy atom. The minimum absolute atomic E-state index is 0.0626. The summed E-state index contributed by atoms with van der Waals surface area (Å²) in [7, 11) is 0. The monoisotopic (exact) mass is 316 g/mol. The molecule has 1 amide bonds. The largest absolute Gasteiger partial charge is 0.328 e. The lowest BCUT2D eigenvalue weighted by Crippen LogP contribution is -2.58. The number of H-pyrrole nitrogens is 1. The van der Waals surface area contributed by atoms with Crippen molar-refractivity contribution in [3.63, 3.8) is 0 Å². The molecule has 2 aromatic rings. The SMILES string of the molecule is O=C(c1n[nH]c2ccc(Cl)cc12)N1C2CC3CCN(C2)CC31. The third-order valence-corrected chi connectivity index (χ3v) is 5.80. The average Bonchev–Trinajstić information content (AvgIpc) is 2.95. The molecule has 3 aliphatic heterocycles. The van der Waals surface area contributed by atoms with E-state index in [0.717, 1.165) is 30.4 Å². The number of piperidine rings is 1. The Kier molecular flexibility index (Phi) is 2.62. The van der Waals surface area contributed by atoms with E-state index in [1.54, 1.807) is 0 Å². The highest BCUT2D eigenvalue weighted by Gasteiger charge is 2.51. The number of hydrogen-bond donors (Lipinski definition) is 1. The third kappa shape index (κ3) is 1.69. The van der Waals surface area contributed by atoms with Crippen molar-refractivity contribution in [3.8, 4) is 0 Å². The molecule has 4 unspecified atom stereocenters. The number of aromatic amines is 1. The standard InChI is InChI=1S/C16H17ClN4O/c17-10-1-2-13-12(6-10)15(19-18-13)16(22)21-11-5-9-3-4-20(7-11)8-14(9)21/h1-2,6,9,11,14H,3-5,7-8H2,(H,18,19). The van der Waals surface area contributed by atoms with Crippen molar-refractivity contribution in [2.75, 3.05) is 19.6 Å². The van der Waals surface area contributed by atoms with Crippen LogP contribution in [0, 0.1) is 5.92 Å². The number of halogens is 1. The number of hydrogen-bond acceptors (Lipinski definition) is 3. The van der Waals surface area contributed by atoms with Crippen molar-refractivity contribution < 1.29 is 4.79 Å². The van der Waals surface area contributed by atoms with Crippen molar-refractivity contribution in [2.45, 2.75) is 24.9 Å². The van der Waals surface area contributed by atoms with Gasteiger partial charge in [-0.2, -0.15) is 5.10 Å². The van der Waals surface area contributed by atoms with Gasteiger partial charge in [0.25, 0.3) is 5.91 Å². The summed E-state index contributed by atoms with van der Waals surface area (Å²) < 4.78 is 0. The highest BCUT2D eigenvalue weighted by molar-refractivity contribution is 6.31. The van der Waals surface area contributed by atoms with Crippen LogP contribution in [0.2, 0.25) is 5.02 Å². The summed E-state index contributed by atoms with van der Waals surface area (Å²) >= 11 is 6.09. The molecule has 0 spiro atoms. The zero-order valence-electron chi connectivity index (χ0n) is 12.1. The molecule has 5 nitrogen and oxygen atoms in total. The van der Waals surface area contributed by atoms with E-state index in [1.165, 1.54) is 13.0 Å². The lowest BCUT2D eigenvalue weighted by Gasteiger charge is -2.44. The van der Waals surface area contributed by atoms with Crippen molar-refractivity contribution in [1.29, 1.82) is 0 Å². The number of piperazine rings is 1. The summed E-state index contributed by atoms with van der Waals surface area (Å²) in [6.45, 7) is 3.23. The summed E-state index contributed by atoms with van der Waals surface area (Å²) in [4.78, 5) is 17.7. The van der Waals surface area contributed by atoms with Crippen molar-refractivity contribution in [1.82, 2.24) is 20.0 Å². The quantitative estimate of drug-likeness (QED) is 0.877. The van der Waals surface area contributed by atoms with E-state index >= 15 is 0 Å². The molecule has 1 N–H and O–H groups in total. The highest BCUT2D eigenvalue weighted by Crippen LogP contribution is 2.41. The van der Waals surface area contributed by atoms with Gasteiger partial charge in [-0.3, -0.25) is 14.8 Å². The average molecular weight is 317 g/mol.